The zero-order chi connectivity index (χ0) is 20.7. The van der Waals surface area contributed by atoms with Gasteiger partial charge in [0.1, 0.15) is 0 Å². The smallest absolute Gasteiger partial charge is 0.240 e. The molecule has 1 aliphatic rings. The fourth-order valence-corrected chi connectivity index (χ4v) is 5.43. The molecule has 0 aliphatic carbocycles. The van der Waals surface area contributed by atoms with Crippen molar-refractivity contribution < 1.29 is 13.2 Å². The SMILES string of the molecule is CC1CCN(C(CNC(=O)CCNS(=O)(=O)c2ccccc2)c2cccs2)CC1. The summed E-state index contributed by atoms with van der Waals surface area (Å²) < 4.78 is 26.9. The summed E-state index contributed by atoms with van der Waals surface area (Å²) >= 11 is 1.71. The second-order valence-electron chi connectivity index (χ2n) is 7.51. The Morgan fingerprint density at radius 1 is 1.17 bits per heavy atom. The van der Waals surface area contributed by atoms with Crippen LogP contribution in [-0.4, -0.2) is 45.4 Å². The van der Waals surface area contributed by atoms with Crippen LogP contribution in [0, 0.1) is 5.92 Å². The van der Waals surface area contributed by atoms with Crippen LogP contribution in [0.5, 0.6) is 0 Å². The van der Waals surface area contributed by atoms with Crippen molar-refractivity contribution in [3.63, 3.8) is 0 Å². The Hall–Kier alpha value is -1.74. The molecule has 0 saturated carbocycles. The molecule has 1 aliphatic heterocycles. The predicted octanol–water partition coefficient (Wildman–Crippen LogP) is 3.01. The predicted molar refractivity (Wildman–Crippen MR) is 116 cm³/mol. The zero-order valence-corrected chi connectivity index (χ0v) is 18.3. The third-order valence-corrected chi connectivity index (χ3v) is 7.77. The second kappa shape index (κ2) is 10.3. The largest absolute Gasteiger partial charge is 0.354 e. The van der Waals surface area contributed by atoms with Gasteiger partial charge in [0.15, 0.2) is 0 Å². The number of sulfonamides is 1. The average molecular weight is 436 g/mol. The van der Waals surface area contributed by atoms with Gasteiger partial charge in [-0.2, -0.15) is 0 Å². The molecule has 1 atom stereocenters. The maximum Gasteiger partial charge on any atom is 0.240 e. The van der Waals surface area contributed by atoms with Gasteiger partial charge >= 0.3 is 0 Å². The Morgan fingerprint density at radius 2 is 1.90 bits per heavy atom. The van der Waals surface area contributed by atoms with Crippen LogP contribution in [0.1, 0.15) is 37.1 Å². The first-order chi connectivity index (χ1) is 14.0. The third-order valence-electron chi connectivity index (χ3n) is 5.32. The Kier molecular flexibility index (Phi) is 7.83. The van der Waals surface area contributed by atoms with Crippen LogP contribution < -0.4 is 10.0 Å². The lowest BCUT2D eigenvalue weighted by molar-refractivity contribution is -0.121. The van der Waals surface area contributed by atoms with E-state index in [4.69, 9.17) is 0 Å². The molecule has 158 valence electrons. The van der Waals surface area contributed by atoms with Crippen molar-refractivity contribution in [3.05, 3.63) is 52.7 Å². The summed E-state index contributed by atoms with van der Waals surface area (Å²) in [4.78, 5) is 16.2. The van der Waals surface area contributed by atoms with Crippen molar-refractivity contribution in [2.75, 3.05) is 26.2 Å². The number of thiophene rings is 1. The van der Waals surface area contributed by atoms with Gasteiger partial charge in [-0.25, -0.2) is 13.1 Å². The molecule has 0 spiro atoms. The number of nitrogens with one attached hydrogen (secondary N) is 2. The van der Waals surface area contributed by atoms with E-state index >= 15 is 0 Å². The lowest BCUT2D eigenvalue weighted by Crippen LogP contribution is -2.42. The van der Waals surface area contributed by atoms with E-state index in [1.165, 1.54) is 29.9 Å². The van der Waals surface area contributed by atoms with Crippen LogP contribution in [0.4, 0.5) is 0 Å². The Labute approximate surface area is 177 Å². The molecule has 1 unspecified atom stereocenters. The molecule has 0 bridgehead atoms. The third kappa shape index (κ3) is 6.37. The van der Waals surface area contributed by atoms with Gasteiger partial charge in [0.2, 0.25) is 15.9 Å². The number of rotatable bonds is 9. The van der Waals surface area contributed by atoms with Gasteiger partial charge in [-0.3, -0.25) is 9.69 Å². The molecule has 1 amide bonds. The molecule has 2 aromatic rings. The number of piperidine rings is 1. The molecule has 0 radical (unpaired) electrons. The van der Waals surface area contributed by atoms with Crippen LogP contribution in [0.2, 0.25) is 0 Å². The summed E-state index contributed by atoms with van der Waals surface area (Å²) in [5.41, 5.74) is 0. The molecule has 29 heavy (non-hydrogen) atoms. The lowest BCUT2D eigenvalue weighted by Gasteiger charge is -2.36. The van der Waals surface area contributed by atoms with Crippen molar-refractivity contribution in [1.29, 1.82) is 0 Å². The highest BCUT2D eigenvalue weighted by Gasteiger charge is 2.25. The molecule has 8 heteroatoms. The lowest BCUT2D eigenvalue weighted by atomic mass is 9.97. The van der Waals surface area contributed by atoms with E-state index in [9.17, 15) is 13.2 Å². The summed E-state index contributed by atoms with van der Waals surface area (Å²) in [5, 5.41) is 5.06. The summed E-state index contributed by atoms with van der Waals surface area (Å²) in [6.07, 6.45) is 2.47. The number of carbonyl (C=O) groups excluding carboxylic acids is 1. The second-order valence-corrected chi connectivity index (χ2v) is 10.3. The van der Waals surface area contributed by atoms with Crippen molar-refractivity contribution in [2.24, 2.45) is 5.92 Å². The van der Waals surface area contributed by atoms with Crippen LogP contribution in [0.25, 0.3) is 0 Å². The standard InChI is InChI=1S/C21H29N3O3S2/c1-17-10-13-24(14-11-17)19(20-8-5-15-28-20)16-22-21(25)9-12-23-29(26,27)18-6-3-2-4-7-18/h2-8,15,17,19,23H,9-14,16H2,1H3,(H,22,25). The van der Waals surface area contributed by atoms with Crippen molar-refractivity contribution >= 4 is 27.3 Å². The number of amides is 1. The molecule has 1 aromatic carbocycles. The minimum Gasteiger partial charge on any atom is -0.354 e. The molecular weight excluding hydrogens is 406 g/mol. The summed E-state index contributed by atoms with van der Waals surface area (Å²) in [6.45, 7) is 4.98. The molecule has 2 heterocycles. The Balaban J connectivity index is 1.49. The first-order valence-electron chi connectivity index (χ1n) is 10.0. The van der Waals surface area contributed by atoms with E-state index in [1.807, 2.05) is 6.07 Å². The number of benzene rings is 1. The molecular formula is C21H29N3O3S2. The number of nitrogens with zero attached hydrogens (tertiary/aromatic N) is 1. The monoisotopic (exact) mass is 435 g/mol. The van der Waals surface area contributed by atoms with E-state index in [1.54, 1.807) is 29.5 Å². The van der Waals surface area contributed by atoms with Gasteiger partial charge in [0, 0.05) is 24.4 Å². The average Bonchev–Trinajstić information content (AvgIpc) is 3.24. The van der Waals surface area contributed by atoms with Crippen LogP contribution in [0.15, 0.2) is 52.7 Å². The van der Waals surface area contributed by atoms with E-state index < -0.39 is 10.0 Å². The summed E-state index contributed by atoms with van der Waals surface area (Å²) in [5.74, 6) is 0.607. The Bertz CT molecular complexity index is 862. The summed E-state index contributed by atoms with van der Waals surface area (Å²) in [7, 11) is -3.58. The molecule has 1 aromatic heterocycles. The Morgan fingerprint density at radius 3 is 2.55 bits per heavy atom. The summed E-state index contributed by atoms with van der Waals surface area (Å²) in [6, 6.07) is 12.5. The van der Waals surface area contributed by atoms with Crippen LogP contribution in [-0.2, 0) is 14.8 Å². The number of hydrogen-bond donors (Lipinski definition) is 2. The van der Waals surface area contributed by atoms with E-state index in [0.29, 0.717) is 6.54 Å². The van der Waals surface area contributed by atoms with E-state index in [-0.39, 0.29) is 29.8 Å². The fourth-order valence-electron chi connectivity index (χ4n) is 3.51. The zero-order valence-electron chi connectivity index (χ0n) is 16.7. The number of hydrogen-bond acceptors (Lipinski definition) is 5. The highest BCUT2D eigenvalue weighted by atomic mass is 32.2. The molecule has 1 fully saturated rings. The van der Waals surface area contributed by atoms with E-state index in [0.717, 1.165) is 19.0 Å². The molecule has 6 nitrogen and oxygen atoms in total. The first kappa shape index (κ1) is 22.0. The van der Waals surface area contributed by atoms with Crippen LogP contribution in [0.3, 0.4) is 0 Å². The molecule has 2 N–H and O–H groups in total. The highest BCUT2D eigenvalue weighted by molar-refractivity contribution is 7.89. The van der Waals surface area contributed by atoms with Gasteiger partial charge in [-0.15, -0.1) is 11.3 Å². The van der Waals surface area contributed by atoms with E-state index in [2.05, 4.69) is 33.3 Å². The van der Waals surface area contributed by atoms with Crippen LogP contribution >= 0.6 is 11.3 Å². The van der Waals surface area contributed by atoms with Gasteiger partial charge < -0.3 is 5.32 Å². The molecule has 1 saturated heterocycles. The normalized spacial score (nSPS) is 17.1. The van der Waals surface area contributed by atoms with Gasteiger partial charge in [0.05, 0.1) is 10.9 Å². The first-order valence-corrected chi connectivity index (χ1v) is 12.4. The topological polar surface area (TPSA) is 78.5 Å². The minimum atomic E-state index is -3.58. The highest BCUT2D eigenvalue weighted by Crippen LogP contribution is 2.29. The van der Waals surface area contributed by atoms with Gasteiger partial charge in [0.25, 0.3) is 0 Å². The minimum absolute atomic E-state index is 0.0773. The van der Waals surface area contributed by atoms with Crippen molar-refractivity contribution in [3.8, 4) is 0 Å². The fraction of sp³-hybridized carbons (Fsp3) is 0.476. The van der Waals surface area contributed by atoms with Crippen molar-refractivity contribution in [1.82, 2.24) is 14.9 Å². The maximum atomic E-state index is 12.3. The van der Waals surface area contributed by atoms with Crippen molar-refractivity contribution in [2.45, 2.75) is 37.1 Å². The number of likely N-dealkylation sites (tertiary alicyclic amines) is 1. The molecule has 3 rings (SSSR count). The quantitative estimate of drug-likeness (QED) is 0.635. The van der Waals surface area contributed by atoms with Gasteiger partial charge in [-0.05, 0) is 55.4 Å². The number of carbonyl (C=O) groups is 1. The maximum absolute atomic E-state index is 12.3. The van der Waals surface area contributed by atoms with Gasteiger partial charge in [-0.1, -0.05) is 31.2 Å².